The molecule has 3 rings (SSSR count). The molecule has 0 spiro atoms. The van der Waals surface area contributed by atoms with Crippen LogP contribution in [0, 0.1) is 0 Å². The van der Waals surface area contributed by atoms with Gasteiger partial charge in [-0.3, -0.25) is 4.79 Å². The van der Waals surface area contributed by atoms with E-state index in [1.165, 1.54) is 10.6 Å². The van der Waals surface area contributed by atoms with Gasteiger partial charge < -0.3 is 15.1 Å². The third kappa shape index (κ3) is 5.08. The van der Waals surface area contributed by atoms with Gasteiger partial charge in [-0.25, -0.2) is 0 Å². The summed E-state index contributed by atoms with van der Waals surface area (Å²) in [6, 6.07) is 18.8. The molecule has 1 amide bonds. The van der Waals surface area contributed by atoms with E-state index in [9.17, 15) is 4.79 Å². The number of benzene rings is 2. The van der Waals surface area contributed by atoms with Crippen molar-refractivity contribution in [2.45, 2.75) is 19.4 Å². The maximum atomic E-state index is 12.5. The van der Waals surface area contributed by atoms with E-state index in [1.807, 2.05) is 18.2 Å². The largest absolute Gasteiger partial charge is 0.360 e. The van der Waals surface area contributed by atoms with Gasteiger partial charge in [0.05, 0.1) is 32.2 Å². The molecule has 5 heteroatoms. The van der Waals surface area contributed by atoms with Crippen molar-refractivity contribution in [2.75, 3.05) is 37.6 Å². The molecule has 1 heterocycles. The van der Waals surface area contributed by atoms with Crippen molar-refractivity contribution in [1.82, 2.24) is 5.32 Å². The Labute approximate surface area is 164 Å². The van der Waals surface area contributed by atoms with Crippen molar-refractivity contribution < 1.29 is 9.69 Å². The van der Waals surface area contributed by atoms with Crippen LogP contribution < -0.4 is 15.1 Å². The Morgan fingerprint density at radius 1 is 1.12 bits per heavy atom. The van der Waals surface area contributed by atoms with Crippen LogP contribution in [0.1, 0.15) is 24.9 Å². The van der Waals surface area contributed by atoms with Gasteiger partial charge in [-0.05, 0) is 36.2 Å². The number of hydrogen-bond acceptors (Lipinski definition) is 2. The molecule has 1 saturated heterocycles. The van der Waals surface area contributed by atoms with Gasteiger partial charge in [0.2, 0.25) is 0 Å². The molecule has 0 radical (unpaired) electrons. The SMILES string of the molecule is CC[C@@H](NC(=O)C[NH+]1CCN(c2ccccc2)CC1)c1ccc(Br)cc1. The number of halogens is 1. The summed E-state index contributed by atoms with van der Waals surface area (Å²) in [5.41, 5.74) is 2.44. The molecule has 138 valence electrons. The predicted molar refractivity (Wildman–Crippen MR) is 110 cm³/mol. The molecule has 0 aliphatic carbocycles. The van der Waals surface area contributed by atoms with Gasteiger partial charge in [0.25, 0.3) is 5.91 Å². The Bertz CT molecular complexity index is 697. The van der Waals surface area contributed by atoms with Crippen molar-refractivity contribution in [3.8, 4) is 0 Å². The molecule has 1 fully saturated rings. The predicted octanol–water partition coefficient (Wildman–Crippen LogP) is 2.42. The molecule has 4 nitrogen and oxygen atoms in total. The lowest BCUT2D eigenvalue weighted by molar-refractivity contribution is -0.892. The number of amides is 1. The topological polar surface area (TPSA) is 36.8 Å². The molecule has 2 N–H and O–H groups in total. The molecule has 1 aliphatic heterocycles. The number of nitrogens with zero attached hydrogens (tertiary/aromatic N) is 1. The summed E-state index contributed by atoms with van der Waals surface area (Å²) in [7, 11) is 0. The van der Waals surface area contributed by atoms with Crippen molar-refractivity contribution in [2.24, 2.45) is 0 Å². The number of piperazine rings is 1. The van der Waals surface area contributed by atoms with E-state index < -0.39 is 0 Å². The number of carbonyl (C=O) groups excluding carboxylic acids is 1. The first-order valence-electron chi connectivity index (χ1n) is 9.34. The summed E-state index contributed by atoms with van der Waals surface area (Å²) >= 11 is 3.46. The first-order chi connectivity index (χ1) is 12.7. The van der Waals surface area contributed by atoms with E-state index in [4.69, 9.17) is 0 Å². The first-order valence-corrected chi connectivity index (χ1v) is 10.1. The lowest BCUT2D eigenvalue weighted by Crippen LogP contribution is -3.16. The van der Waals surface area contributed by atoms with Gasteiger partial charge in [0, 0.05) is 10.2 Å². The number of nitrogens with one attached hydrogen (secondary N) is 2. The molecular formula is C21H27BrN3O+. The minimum absolute atomic E-state index is 0.0839. The molecule has 1 aliphatic rings. The zero-order valence-electron chi connectivity index (χ0n) is 15.2. The molecule has 0 aromatic heterocycles. The highest BCUT2D eigenvalue weighted by Gasteiger charge is 2.23. The fourth-order valence-electron chi connectivity index (χ4n) is 3.49. The van der Waals surface area contributed by atoms with E-state index >= 15 is 0 Å². The Morgan fingerprint density at radius 3 is 2.38 bits per heavy atom. The smallest absolute Gasteiger partial charge is 0.275 e. The van der Waals surface area contributed by atoms with Crippen LogP contribution in [0.25, 0.3) is 0 Å². The fraction of sp³-hybridized carbons (Fsp3) is 0.381. The van der Waals surface area contributed by atoms with Crippen molar-refractivity contribution in [1.29, 1.82) is 0 Å². The summed E-state index contributed by atoms with van der Waals surface area (Å²) in [5, 5.41) is 3.20. The van der Waals surface area contributed by atoms with Gasteiger partial charge in [0.1, 0.15) is 0 Å². The van der Waals surface area contributed by atoms with E-state index in [-0.39, 0.29) is 11.9 Å². The second kappa shape index (κ2) is 9.19. The van der Waals surface area contributed by atoms with E-state index in [0.717, 1.165) is 42.6 Å². The highest BCUT2D eigenvalue weighted by Crippen LogP contribution is 2.19. The zero-order valence-corrected chi connectivity index (χ0v) is 16.8. The monoisotopic (exact) mass is 416 g/mol. The van der Waals surface area contributed by atoms with Crippen LogP contribution in [-0.4, -0.2) is 38.6 Å². The number of para-hydroxylation sites is 1. The van der Waals surface area contributed by atoms with Gasteiger partial charge in [-0.15, -0.1) is 0 Å². The van der Waals surface area contributed by atoms with Crippen LogP contribution in [0.5, 0.6) is 0 Å². The maximum absolute atomic E-state index is 12.5. The van der Waals surface area contributed by atoms with Crippen LogP contribution in [0.2, 0.25) is 0 Å². The second-order valence-electron chi connectivity index (χ2n) is 6.83. The number of carbonyl (C=O) groups is 1. The number of hydrogen-bond donors (Lipinski definition) is 2. The van der Waals surface area contributed by atoms with E-state index in [0.29, 0.717) is 6.54 Å². The van der Waals surface area contributed by atoms with Crippen LogP contribution in [-0.2, 0) is 4.79 Å². The summed E-state index contributed by atoms with van der Waals surface area (Å²) in [4.78, 5) is 16.3. The molecule has 0 bridgehead atoms. The van der Waals surface area contributed by atoms with Crippen LogP contribution in [0.4, 0.5) is 5.69 Å². The van der Waals surface area contributed by atoms with Crippen molar-refractivity contribution in [3.63, 3.8) is 0 Å². The van der Waals surface area contributed by atoms with Crippen LogP contribution in [0.3, 0.4) is 0 Å². The Hall–Kier alpha value is -1.85. The van der Waals surface area contributed by atoms with Crippen molar-refractivity contribution >= 4 is 27.5 Å². The van der Waals surface area contributed by atoms with Crippen molar-refractivity contribution in [3.05, 3.63) is 64.6 Å². The van der Waals surface area contributed by atoms with E-state index in [2.05, 4.69) is 69.5 Å². The number of rotatable bonds is 6. The number of quaternary nitrogens is 1. The first kappa shape index (κ1) is 18.9. The lowest BCUT2D eigenvalue weighted by atomic mass is 10.0. The number of anilines is 1. The zero-order chi connectivity index (χ0) is 18.4. The fourth-order valence-corrected chi connectivity index (χ4v) is 3.75. The molecule has 2 aromatic carbocycles. The molecule has 2 aromatic rings. The highest BCUT2D eigenvalue weighted by atomic mass is 79.9. The second-order valence-corrected chi connectivity index (χ2v) is 7.74. The van der Waals surface area contributed by atoms with Gasteiger partial charge in [0.15, 0.2) is 6.54 Å². The molecule has 26 heavy (non-hydrogen) atoms. The van der Waals surface area contributed by atoms with Crippen LogP contribution >= 0.6 is 15.9 Å². The summed E-state index contributed by atoms with van der Waals surface area (Å²) < 4.78 is 1.06. The normalized spacial score (nSPS) is 16.3. The minimum Gasteiger partial charge on any atom is -0.360 e. The summed E-state index contributed by atoms with van der Waals surface area (Å²) in [6.45, 7) is 6.65. The quantitative estimate of drug-likeness (QED) is 0.758. The molecule has 0 saturated carbocycles. The third-order valence-corrected chi connectivity index (χ3v) is 5.55. The van der Waals surface area contributed by atoms with Gasteiger partial charge in [-0.1, -0.05) is 53.2 Å². The highest BCUT2D eigenvalue weighted by molar-refractivity contribution is 9.10. The average Bonchev–Trinajstić information content (AvgIpc) is 2.68. The Kier molecular flexibility index (Phi) is 6.69. The Balaban J connectivity index is 1.48. The van der Waals surface area contributed by atoms with Gasteiger partial charge >= 0.3 is 0 Å². The lowest BCUT2D eigenvalue weighted by Gasteiger charge is -2.33. The van der Waals surface area contributed by atoms with Gasteiger partial charge in [-0.2, -0.15) is 0 Å². The summed E-state index contributed by atoms with van der Waals surface area (Å²) in [5.74, 6) is 0.142. The minimum atomic E-state index is 0.0839. The Morgan fingerprint density at radius 2 is 1.77 bits per heavy atom. The average molecular weight is 417 g/mol. The van der Waals surface area contributed by atoms with E-state index in [1.54, 1.807) is 0 Å². The summed E-state index contributed by atoms with van der Waals surface area (Å²) in [6.07, 6.45) is 0.893. The standard InChI is InChI=1S/C21H26BrN3O/c1-2-20(17-8-10-18(22)11-9-17)23-21(26)16-24-12-14-25(15-13-24)19-6-4-3-5-7-19/h3-11,20H,2,12-16H2,1H3,(H,23,26)/p+1/t20-/m1/s1. The molecular weight excluding hydrogens is 390 g/mol. The van der Waals surface area contributed by atoms with Crippen LogP contribution in [0.15, 0.2) is 59.1 Å². The molecule has 1 atom stereocenters. The maximum Gasteiger partial charge on any atom is 0.275 e. The third-order valence-electron chi connectivity index (χ3n) is 5.02. The molecule has 0 unspecified atom stereocenters.